The van der Waals surface area contributed by atoms with Gasteiger partial charge in [-0.05, 0) is 55.1 Å². The molecule has 4 atom stereocenters. The van der Waals surface area contributed by atoms with Gasteiger partial charge in [0.15, 0.2) is 5.78 Å². The normalized spacial score (nSPS) is 37.4. The van der Waals surface area contributed by atoms with Crippen LogP contribution in [0.2, 0.25) is 0 Å². The number of benzene rings is 1. The van der Waals surface area contributed by atoms with Gasteiger partial charge in [0.25, 0.3) is 0 Å². The molecule has 2 nitrogen and oxygen atoms in total. The van der Waals surface area contributed by atoms with Crippen molar-refractivity contribution in [1.29, 1.82) is 0 Å². The highest BCUT2D eigenvalue weighted by Gasteiger charge is 2.67. The average molecular weight is 330 g/mol. The van der Waals surface area contributed by atoms with E-state index in [9.17, 15) is 4.79 Å². The second-order valence-electron chi connectivity index (χ2n) is 6.74. The van der Waals surface area contributed by atoms with Crippen molar-refractivity contribution < 1.29 is 4.79 Å². The van der Waals surface area contributed by atoms with Crippen molar-refractivity contribution in [1.82, 2.24) is 4.98 Å². The number of carbonyl (C=O) groups excluding carboxylic acids is 1. The number of halogens is 1. The Morgan fingerprint density at radius 3 is 2.70 bits per heavy atom. The smallest absolute Gasteiger partial charge is 0.168 e. The summed E-state index contributed by atoms with van der Waals surface area (Å²) in [6.07, 6.45) is 6.05. The predicted octanol–water partition coefficient (Wildman–Crippen LogP) is 4.41. The average Bonchev–Trinajstić information content (AvgIpc) is 2.83. The van der Waals surface area contributed by atoms with E-state index in [1.807, 2.05) is 24.4 Å². The van der Waals surface area contributed by atoms with E-state index in [0.29, 0.717) is 23.5 Å². The quantitative estimate of drug-likeness (QED) is 0.813. The van der Waals surface area contributed by atoms with Crippen molar-refractivity contribution in [3.05, 3.63) is 34.4 Å². The number of hydrogen-bond acceptors (Lipinski definition) is 1. The van der Waals surface area contributed by atoms with Crippen LogP contribution in [-0.2, 0) is 0 Å². The summed E-state index contributed by atoms with van der Waals surface area (Å²) in [4.78, 5) is 16.2. The van der Waals surface area contributed by atoms with Gasteiger partial charge < -0.3 is 4.98 Å². The standard InChI is InChI=1S/C17H16BrNO/c18-11-2-1-3-12-15(11)10(7-19-12)17(20)16-13-8-4-5-9(6-8)14(13)16/h1-3,7-9,13-14,16,19H,4-6H2. The SMILES string of the molecule is O=C(c1c[nH]c2cccc(Br)c12)C1C2C3CCC(C3)C12. The van der Waals surface area contributed by atoms with Crippen molar-refractivity contribution in [2.45, 2.75) is 19.3 Å². The maximum atomic E-state index is 12.9. The van der Waals surface area contributed by atoms with E-state index >= 15 is 0 Å². The van der Waals surface area contributed by atoms with E-state index < -0.39 is 0 Å². The highest BCUT2D eigenvalue weighted by molar-refractivity contribution is 9.10. The second kappa shape index (κ2) is 3.76. The van der Waals surface area contributed by atoms with Crippen molar-refractivity contribution >= 4 is 32.6 Å². The maximum Gasteiger partial charge on any atom is 0.168 e. The zero-order valence-corrected chi connectivity index (χ0v) is 12.7. The van der Waals surface area contributed by atoms with Gasteiger partial charge in [-0.3, -0.25) is 4.79 Å². The molecule has 2 aromatic rings. The molecule has 20 heavy (non-hydrogen) atoms. The Morgan fingerprint density at radius 2 is 1.95 bits per heavy atom. The van der Waals surface area contributed by atoms with E-state index in [4.69, 9.17) is 0 Å². The number of Topliss-reactive ketones (excluding diaryl/α,β-unsaturated/α-hetero) is 1. The summed E-state index contributed by atoms with van der Waals surface area (Å²) < 4.78 is 1.02. The summed E-state index contributed by atoms with van der Waals surface area (Å²) in [5.74, 6) is 3.85. The molecular formula is C17H16BrNO. The van der Waals surface area contributed by atoms with Crippen LogP contribution >= 0.6 is 15.9 Å². The number of H-pyrrole nitrogens is 1. The van der Waals surface area contributed by atoms with Gasteiger partial charge in [0.1, 0.15) is 0 Å². The van der Waals surface area contributed by atoms with Crippen LogP contribution in [0.1, 0.15) is 29.6 Å². The summed E-state index contributed by atoms with van der Waals surface area (Å²) >= 11 is 3.59. The van der Waals surface area contributed by atoms with Gasteiger partial charge >= 0.3 is 0 Å². The molecule has 0 spiro atoms. The van der Waals surface area contributed by atoms with Crippen LogP contribution in [0.4, 0.5) is 0 Å². The minimum Gasteiger partial charge on any atom is -0.360 e. The summed E-state index contributed by atoms with van der Waals surface area (Å²) in [6.45, 7) is 0. The minimum absolute atomic E-state index is 0.326. The molecule has 3 fully saturated rings. The molecular weight excluding hydrogens is 314 g/mol. The van der Waals surface area contributed by atoms with E-state index in [1.165, 1.54) is 19.3 Å². The number of hydrogen-bond donors (Lipinski definition) is 1. The third-order valence-electron chi connectivity index (χ3n) is 5.96. The molecule has 1 heterocycles. The molecule has 1 N–H and O–H groups in total. The van der Waals surface area contributed by atoms with Gasteiger partial charge in [-0.2, -0.15) is 0 Å². The lowest BCUT2D eigenvalue weighted by molar-refractivity contribution is 0.0946. The Bertz CT molecular complexity index is 718. The Morgan fingerprint density at radius 1 is 1.20 bits per heavy atom. The molecule has 102 valence electrons. The molecule has 4 unspecified atom stereocenters. The zero-order valence-electron chi connectivity index (χ0n) is 11.1. The second-order valence-corrected chi connectivity index (χ2v) is 7.60. The highest BCUT2D eigenvalue weighted by atomic mass is 79.9. The number of fused-ring (bicyclic) bond motifs is 6. The van der Waals surface area contributed by atoms with Crippen molar-refractivity contribution in [3.8, 4) is 0 Å². The summed E-state index contributed by atoms with van der Waals surface area (Å²) in [5, 5.41) is 1.06. The molecule has 3 saturated carbocycles. The first kappa shape index (κ1) is 11.6. The van der Waals surface area contributed by atoms with Gasteiger partial charge in [0.2, 0.25) is 0 Å². The molecule has 3 aliphatic carbocycles. The first-order valence-corrected chi connectivity index (χ1v) is 8.35. The minimum atomic E-state index is 0.326. The van der Waals surface area contributed by atoms with Crippen LogP contribution in [-0.4, -0.2) is 10.8 Å². The third kappa shape index (κ3) is 1.32. The van der Waals surface area contributed by atoms with Gasteiger partial charge in [-0.1, -0.05) is 22.0 Å². The lowest BCUT2D eigenvalue weighted by Gasteiger charge is -2.07. The molecule has 0 amide bonds. The van der Waals surface area contributed by atoms with Crippen LogP contribution in [0.15, 0.2) is 28.9 Å². The fraction of sp³-hybridized carbons (Fsp3) is 0.471. The highest BCUT2D eigenvalue weighted by Crippen LogP contribution is 2.70. The monoisotopic (exact) mass is 329 g/mol. The summed E-state index contributed by atoms with van der Waals surface area (Å²) in [5.41, 5.74) is 1.95. The molecule has 0 aliphatic heterocycles. The van der Waals surface area contributed by atoms with E-state index in [1.54, 1.807) is 0 Å². The molecule has 1 aromatic carbocycles. The van der Waals surface area contributed by atoms with Crippen molar-refractivity contribution in [2.75, 3.05) is 0 Å². The molecule has 1 aromatic heterocycles. The molecule has 0 saturated heterocycles. The van der Waals surface area contributed by atoms with Crippen LogP contribution < -0.4 is 0 Å². The van der Waals surface area contributed by atoms with Crippen LogP contribution in [0, 0.1) is 29.6 Å². The summed E-state index contributed by atoms with van der Waals surface area (Å²) in [6, 6.07) is 6.06. The van der Waals surface area contributed by atoms with Gasteiger partial charge in [0.05, 0.1) is 0 Å². The topological polar surface area (TPSA) is 32.9 Å². The fourth-order valence-corrected chi connectivity index (χ4v) is 5.77. The molecule has 5 rings (SSSR count). The van der Waals surface area contributed by atoms with Gasteiger partial charge in [-0.15, -0.1) is 0 Å². The van der Waals surface area contributed by atoms with Gasteiger partial charge in [-0.25, -0.2) is 0 Å². The Hall–Kier alpha value is -1.09. The first-order chi connectivity index (χ1) is 9.75. The van der Waals surface area contributed by atoms with Crippen LogP contribution in [0.25, 0.3) is 10.9 Å². The number of nitrogens with one attached hydrogen (secondary N) is 1. The largest absolute Gasteiger partial charge is 0.360 e. The molecule has 0 radical (unpaired) electrons. The van der Waals surface area contributed by atoms with E-state index in [0.717, 1.165) is 32.8 Å². The third-order valence-corrected chi connectivity index (χ3v) is 6.62. The Labute approximate surface area is 126 Å². The number of rotatable bonds is 2. The number of aromatic amines is 1. The van der Waals surface area contributed by atoms with Crippen molar-refractivity contribution in [2.24, 2.45) is 29.6 Å². The van der Waals surface area contributed by atoms with Crippen molar-refractivity contribution in [3.63, 3.8) is 0 Å². The molecule has 3 aliphatic rings. The lowest BCUT2D eigenvalue weighted by atomic mass is 9.96. The van der Waals surface area contributed by atoms with Crippen LogP contribution in [0.3, 0.4) is 0 Å². The van der Waals surface area contributed by atoms with Gasteiger partial charge in [0, 0.05) is 33.1 Å². The molecule has 3 heteroatoms. The number of aromatic nitrogens is 1. The lowest BCUT2D eigenvalue weighted by Crippen LogP contribution is -2.09. The predicted molar refractivity (Wildman–Crippen MR) is 81.6 cm³/mol. The fourth-order valence-electron chi connectivity index (χ4n) is 5.19. The number of ketones is 1. The Kier molecular flexibility index (Phi) is 2.17. The van der Waals surface area contributed by atoms with E-state index in [2.05, 4.69) is 20.9 Å². The number of carbonyl (C=O) groups is 1. The first-order valence-electron chi connectivity index (χ1n) is 7.55. The summed E-state index contributed by atoms with van der Waals surface area (Å²) in [7, 11) is 0. The Balaban J connectivity index is 1.55. The van der Waals surface area contributed by atoms with E-state index in [-0.39, 0.29) is 0 Å². The molecule has 2 bridgehead atoms. The zero-order chi connectivity index (χ0) is 13.4. The maximum absolute atomic E-state index is 12.9. The van der Waals surface area contributed by atoms with Crippen LogP contribution in [0.5, 0.6) is 0 Å².